The summed E-state index contributed by atoms with van der Waals surface area (Å²) in [4.78, 5) is 0. The zero-order valence-electron chi connectivity index (χ0n) is 12.7. The summed E-state index contributed by atoms with van der Waals surface area (Å²) in [5, 5.41) is 12.7. The Morgan fingerprint density at radius 1 is 1.05 bits per heavy atom. The SMILES string of the molecule is CCc1ccc(C(C)NC(C)c2ccc(O)cc2F)cc1. The second-order valence-corrected chi connectivity index (χ2v) is 5.41. The van der Waals surface area contributed by atoms with Crippen LogP contribution in [0.25, 0.3) is 0 Å². The summed E-state index contributed by atoms with van der Waals surface area (Å²) in [7, 11) is 0. The Bertz CT molecular complexity index is 595. The maximum atomic E-state index is 13.9. The first kappa shape index (κ1) is 15.5. The molecule has 2 unspecified atom stereocenters. The van der Waals surface area contributed by atoms with Crippen LogP contribution in [0.4, 0.5) is 4.39 Å². The van der Waals surface area contributed by atoms with Gasteiger partial charge in [0.05, 0.1) is 0 Å². The molecule has 0 bridgehead atoms. The van der Waals surface area contributed by atoms with Crippen LogP contribution in [-0.4, -0.2) is 5.11 Å². The maximum absolute atomic E-state index is 13.9. The zero-order chi connectivity index (χ0) is 15.4. The van der Waals surface area contributed by atoms with E-state index in [1.165, 1.54) is 17.2 Å². The molecule has 2 aromatic rings. The third kappa shape index (κ3) is 3.82. The van der Waals surface area contributed by atoms with E-state index in [0.29, 0.717) is 5.56 Å². The summed E-state index contributed by atoms with van der Waals surface area (Å²) >= 11 is 0. The minimum atomic E-state index is -0.386. The topological polar surface area (TPSA) is 32.3 Å². The van der Waals surface area contributed by atoms with Crippen molar-refractivity contribution in [2.24, 2.45) is 0 Å². The van der Waals surface area contributed by atoms with E-state index >= 15 is 0 Å². The molecule has 0 amide bonds. The Balaban J connectivity index is 2.08. The number of aryl methyl sites for hydroxylation is 1. The highest BCUT2D eigenvalue weighted by molar-refractivity contribution is 5.30. The van der Waals surface area contributed by atoms with E-state index in [-0.39, 0.29) is 23.7 Å². The first-order valence-corrected chi connectivity index (χ1v) is 7.34. The molecule has 2 nitrogen and oxygen atoms in total. The van der Waals surface area contributed by atoms with Crippen LogP contribution in [0.3, 0.4) is 0 Å². The molecule has 0 aliphatic rings. The normalized spacial score (nSPS) is 13.9. The second kappa shape index (κ2) is 6.72. The summed E-state index contributed by atoms with van der Waals surface area (Å²) in [5.74, 6) is -0.435. The monoisotopic (exact) mass is 287 g/mol. The highest BCUT2D eigenvalue weighted by Crippen LogP contribution is 2.24. The van der Waals surface area contributed by atoms with Gasteiger partial charge < -0.3 is 10.4 Å². The summed E-state index contributed by atoms with van der Waals surface area (Å²) in [5.41, 5.74) is 3.05. The fourth-order valence-electron chi connectivity index (χ4n) is 2.47. The van der Waals surface area contributed by atoms with Gasteiger partial charge in [-0.15, -0.1) is 0 Å². The fraction of sp³-hybridized carbons (Fsp3) is 0.333. The molecule has 0 aliphatic heterocycles. The Morgan fingerprint density at radius 2 is 1.71 bits per heavy atom. The lowest BCUT2D eigenvalue weighted by Crippen LogP contribution is -2.23. The van der Waals surface area contributed by atoms with Crippen LogP contribution >= 0.6 is 0 Å². The van der Waals surface area contributed by atoms with Crippen molar-refractivity contribution in [2.75, 3.05) is 0 Å². The molecule has 3 heteroatoms. The van der Waals surface area contributed by atoms with Crippen molar-refractivity contribution in [2.45, 2.75) is 39.3 Å². The van der Waals surface area contributed by atoms with Gasteiger partial charge in [0.15, 0.2) is 0 Å². The minimum Gasteiger partial charge on any atom is -0.508 e. The van der Waals surface area contributed by atoms with Gasteiger partial charge >= 0.3 is 0 Å². The summed E-state index contributed by atoms with van der Waals surface area (Å²) < 4.78 is 13.9. The molecule has 21 heavy (non-hydrogen) atoms. The van der Waals surface area contributed by atoms with Crippen LogP contribution in [0.1, 0.15) is 49.5 Å². The molecule has 0 aliphatic carbocycles. The predicted octanol–water partition coefficient (Wildman–Crippen LogP) is 4.51. The lowest BCUT2D eigenvalue weighted by Gasteiger charge is -2.21. The van der Waals surface area contributed by atoms with Crippen LogP contribution < -0.4 is 5.32 Å². The summed E-state index contributed by atoms with van der Waals surface area (Å²) in [6.45, 7) is 6.12. The lowest BCUT2D eigenvalue weighted by atomic mass is 10.0. The van der Waals surface area contributed by atoms with E-state index < -0.39 is 0 Å². The molecule has 2 atom stereocenters. The van der Waals surface area contributed by atoms with E-state index in [4.69, 9.17) is 0 Å². The van der Waals surface area contributed by atoms with Crippen LogP contribution in [0.15, 0.2) is 42.5 Å². The molecule has 0 saturated carbocycles. The lowest BCUT2D eigenvalue weighted by molar-refractivity contribution is 0.454. The molecule has 0 saturated heterocycles. The summed E-state index contributed by atoms with van der Waals surface area (Å²) in [6.07, 6.45) is 1.03. The molecule has 0 aromatic heterocycles. The smallest absolute Gasteiger partial charge is 0.131 e. The number of benzene rings is 2. The van der Waals surface area contributed by atoms with Crippen molar-refractivity contribution in [1.29, 1.82) is 0 Å². The standard InChI is InChI=1S/C18H22FNO/c1-4-14-5-7-15(8-6-14)12(2)20-13(3)17-10-9-16(21)11-18(17)19/h5-13,20-21H,4H2,1-3H3. The van der Waals surface area contributed by atoms with Gasteiger partial charge in [0.25, 0.3) is 0 Å². The van der Waals surface area contributed by atoms with Gasteiger partial charge in [-0.3, -0.25) is 0 Å². The van der Waals surface area contributed by atoms with E-state index in [2.05, 4.69) is 43.4 Å². The molecule has 2 N–H and O–H groups in total. The van der Waals surface area contributed by atoms with Crippen LogP contribution in [-0.2, 0) is 6.42 Å². The molecule has 0 spiro atoms. The molecule has 0 fully saturated rings. The number of hydrogen-bond acceptors (Lipinski definition) is 2. The molecule has 2 aromatic carbocycles. The number of rotatable bonds is 5. The minimum absolute atomic E-state index is 0.0494. The molecular weight excluding hydrogens is 265 g/mol. The van der Waals surface area contributed by atoms with Crippen LogP contribution in [0.2, 0.25) is 0 Å². The van der Waals surface area contributed by atoms with Crippen molar-refractivity contribution in [3.05, 3.63) is 65.0 Å². The number of aromatic hydroxyl groups is 1. The Hall–Kier alpha value is -1.87. The van der Waals surface area contributed by atoms with E-state index in [1.807, 2.05) is 6.92 Å². The Morgan fingerprint density at radius 3 is 2.29 bits per heavy atom. The molecule has 2 rings (SSSR count). The van der Waals surface area contributed by atoms with E-state index in [9.17, 15) is 9.50 Å². The van der Waals surface area contributed by atoms with Crippen molar-refractivity contribution >= 4 is 0 Å². The van der Waals surface area contributed by atoms with Gasteiger partial charge in [-0.25, -0.2) is 4.39 Å². The van der Waals surface area contributed by atoms with Gasteiger partial charge in [0.1, 0.15) is 11.6 Å². The average molecular weight is 287 g/mol. The first-order valence-electron chi connectivity index (χ1n) is 7.34. The summed E-state index contributed by atoms with van der Waals surface area (Å²) in [6, 6.07) is 12.7. The van der Waals surface area contributed by atoms with Crippen LogP contribution in [0, 0.1) is 5.82 Å². The second-order valence-electron chi connectivity index (χ2n) is 5.41. The number of phenols is 1. The van der Waals surface area contributed by atoms with E-state index in [1.54, 1.807) is 6.07 Å². The number of phenolic OH excluding ortho intramolecular Hbond substituents is 1. The third-order valence-electron chi connectivity index (χ3n) is 3.84. The van der Waals surface area contributed by atoms with Crippen molar-refractivity contribution in [1.82, 2.24) is 5.32 Å². The van der Waals surface area contributed by atoms with Crippen LogP contribution in [0.5, 0.6) is 5.75 Å². The predicted molar refractivity (Wildman–Crippen MR) is 83.9 cm³/mol. The van der Waals surface area contributed by atoms with Crippen molar-refractivity contribution in [3.63, 3.8) is 0 Å². The van der Waals surface area contributed by atoms with Gasteiger partial charge in [-0.05, 0) is 37.5 Å². The van der Waals surface area contributed by atoms with Gasteiger partial charge in [0.2, 0.25) is 0 Å². The van der Waals surface area contributed by atoms with Gasteiger partial charge in [-0.2, -0.15) is 0 Å². The Labute approximate surface area is 125 Å². The zero-order valence-corrected chi connectivity index (χ0v) is 12.7. The average Bonchev–Trinajstić information content (AvgIpc) is 2.47. The third-order valence-corrected chi connectivity index (χ3v) is 3.84. The van der Waals surface area contributed by atoms with Gasteiger partial charge in [0, 0.05) is 23.7 Å². The molecular formula is C18H22FNO. The number of halogens is 1. The van der Waals surface area contributed by atoms with Crippen molar-refractivity contribution < 1.29 is 9.50 Å². The molecule has 0 radical (unpaired) electrons. The quantitative estimate of drug-likeness (QED) is 0.848. The van der Waals surface area contributed by atoms with E-state index in [0.717, 1.165) is 12.5 Å². The molecule has 0 heterocycles. The highest BCUT2D eigenvalue weighted by Gasteiger charge is 2.14. The molecule has 112 valence electrons. The fourth-order valence-corrected chi connectivity index (χ4v) is 2.47. The highest BCUT2D eigenvalue weighted by atomic mass is 19.1. The van der Waals surface area contributed by atoms with Gasteiger partial charge in [-0.1, -0.05) is 37.3 Å². The maximum Gasteiger partial charge on any atom is 0.131 e. The Kier molecular flexibility index (Phi) is 4.97. The number of nitrogens with one attached hydrogen (secondary N) is 1. The largest absolute Gasteiger partial charge is 0.508 e. The first-order chi connectivity index (χ1) is 10.0. The number of hydrogen-bond donors (Lipinski definition) is 2. The van der Waals surface area contributed by atoms with Crippen molar-refractivity contribution in [3.8, 4) is 5.75 Å².